The van der Waals surface area contributed by atoms with Crippen LogP contribution in [0, 0.1) is 12.3 Å². The van der Waals surface area contributed by atoms with Crippen molar-refractivity contribution in [3.05, 3.63) is 24.2 Å². The van der Waals surface area contributed by atoms with Crippen LogP contribution in [0.5, 0.6) is 0 Å². The van der Waals surface area contributed by atoms with Crippen LogP contribution in [0.2, 0.25) is 0 Å². The summed E-state index contributed by atoms with van der Waals surface area (Å²) in [6, 6.07) is 3.34. The summed E-state index contributed by atoms with van der Waals surface area (Å²) in [4.78, 5) is 28.0. The van der Waals surface area contributed by atoms with E-state index < -0.39 is 5.66 Å². The molecule has 24 heavy (non-hydrogen) atoms. The maximum Gasteiger partial charge on any atom is 0.289 e. The van der Waals surface area contributed by atoms with E-state index in [-0.39, 0.29) is 11.8 Å². The van der Waals surface area contributed by atoms with Crippen LogP contribution in [0.25, 0.3) is 0 Å². The number of carbonyl (C=O) groups excluding carboxylic acids is 2. The second-order valence-corrected chi connectivity index (χ2v) is 6.04. The van der Waals surface area contributed by atoms with Gasteiger partial charge in [-0.3, -0.25) is 9.59 Å². The first-order valence-electron chi connectivity index (χ1n) is 8.12. The minimum atomic E-state index is -0.418. The molecular formula is C17H20N4O3. The zero-order valence-electron chi connectivity index (χ0n) is 13.5. The molecule has 0 saturated carbocycles. The van der Waals surface area contributed by atoms with E-state index in [1.54, 1.807) is 21.9 Å². The van der Waals surface area contributed by atoms with Crippen LogP contribution in [0.1, 0.15) is 36.2 Å². The minimum Gasteiger partial charge on any atom is -0.459 e. The Morgan fingerprint density at radius 2 is 1.92 bits per heavy atom. The highest BCUT2D eigenvalue weighted by atomic mass is 16.3. The van der Waals surface area contributed by atoms with Gasteiger partial charge in [-0.25, -0.2) is 0 Å². The highest BCUT2D eigenvalue weighted by Crippen LogP contribution is 2.37. The summed E-state index contributed by atoms with van der Waals surface area (Å²) in [5, 5.41) is 8.10. The Morgan fingerprint density at radius 3 is 2.50 bits per heavy atom. The number of hydrogen-bond acceptors (Lipinski definition) is 5. The zero-order valence-corrected chi connectivity index (χ0v) is 13.5. The number of piperazine rings is 1. The van der Waals surface area contributed by atoms with E-state index in [0.717, 1.165) is 0 Å². The molecule has 7 heteroatoms. The molecule has 2 aliphatic rings. The molecule has 2 amide bonds. The van der Waals surface area contributed by atoms with E-state index in [2.05, 4.69) is 16.1 Å². The maximum atomic E-state index is 12.3. The van der Waals surface area contributed by atoms with Gasteiger partial charge in [0.15, 0.2) is 11.4 Å². The third-order valence-corrected chi connectivity index (χ3v) is 4.44. The third kappa shape index (κ3) is 3.65. The van der Waals surface area contributed by atoms with Crippen LogP contribution in [0.15, 0.2) is 33.0 Å². The van der Waals surface area contributed by atoms with Gasteiger partial charge >= 0.3 is 0 Å². The molecule has 1 fully saturated rings. The Labute approximate surface area is 140 Å². The minimum absolute atomic E-state index is 0.0810. The second-order valence-electron chi connectivity index (χ2n) is 6.04. The van der Waals surface area contributed by atoms with Crippen molar-refractivity contribution in [1.82, 2.24) is 9.80 Å². The van der Waals surface area contributed by atoms with Gasteiger partial charge in [-0.1, -0.05) is 0 Å². The lowest BCUT2D eigenvalue weighted by Gasteiger charge is -2.34. The lowest BCUT2D eigenvalue weighted by Crippen LogP contribution is -2.50. The Balaban J connectivity index is 1.42. The van der Waals surface area contributed by atoms with Crippen LogP contribution < -0.4 is 0 Å². The van der Waals surface area contributed by atoms with Crippen LogP contribution in [0.4, 0.5) is 0 Å². The fourth-order valence-electron chi connectivity index (χ4n) is 2.85. The highest BCUT2D eigenvalue weighted by molar-refractivity contribution is 5.91. The van der Waals surface area contributed by atoms with Crippen molar-refractivity contribution in [3.8, 4) is 12.3 Å². The van der Waals surface area contributed by atoms with Crippen LogP contribution in [-0.4, -0.2) is 53.5 Å². The standard InChI is InChI=1S/C17H20N4O3/c1-2-3-7-17(18-19-17)8-6-15(22)20-9-11-21(12-10-20)16(23)14-5-4-13-24-14/h1,4-5,13H,3,6-12H2. The maximum absolute atomic E-state index is 12.3. The molecule has 0 atom stereocenters. The number of amides is 2. The summed E-state index contributed by atoms with van der Waals surface area (Å²) >= 11 is 0. The summed E-state index contributed by atoms with van der Waals surface area (Å²) in [6.07, 6.45) is 9.09. The molecule has 126 valence electrons. The van der Waals surface area contributed by atoms with Gasteiger partial charge in [0.2, 0.25) is 5.91 Å². The lowest BCUT2D eigenvalue weighted by atomic mass is 10.0. The molecule has 0 aliphatic carbocycles. The van der Waals surface area contributed by atoms with E-state index in [1.165, 1.54) is 6.26 Å². The average Bonchev–Trinajstić information content (AvgIpc) is 3.17. The number of nitrogens with zero attached hydrogens (tertiary/aromatic N) is 4. The first-order chi connectivity index (χ1) is 11.6. The monoisotopic (exact) mass is 328 g/mol. The number of furan rings is 1. The molecule has 0 N–H and O–H groups in total. The molecule has 0 aromatic carbocycles. The van der Waals surface area contributed by atoms with Crippen LogP contribution >= 0.6 is 0 Å². The van der Waals surface area contributed by atoms with E-state index in [9.17, 15) is 9.59 Å². The zero-order chi connectivity index (χ0) is 17.0. The van der Waals surface area contributed by atoms with Crippen molar-refractivity contribution >= 4 is 11.8 Å². The molecule has 7 nitrogen and oxygen atoms in total. The van der Waals surface area contributed by atoms with Crippen molar-refractivity contribution < 1.29 is 14.0 Å². The summed E-state index contributed by atoms with van der Waals surface area (Å²) < 4.78 is 5.13. The van der Waals surface area contributed by atoms with Gasteiger partial charge < -0.3 is 14.2 Å². The predicted molar refractivity (Wildman–Crippen MR) is 86.1 cm³/mol. The van der Waals surface area contributed by atoms with Crippen LogP contribution in [-0.2, 0) is 4.79 Å². The molecular weight excluding hydrogens is 308 g/mol. The fourth-order valence-corrected chi connectivity index (χ4v) is 2.85. The number of carbonyl (C=O) groups is 2. The Hall–Kier alpha value is -2.62. The van der Waals surface area contributed by atoms with Gasteiger partial charge in [-0.2, -0.15) is 10.2 Å². The summed E-state index contributed by atoms with van der Waals surface area (Å²) in [5.74, 6) is 2.87. The fraction of sp³-hybridized carbons (Fsp3) is 0.529. The van der Waals surface area contributed by atoms with E-state index >= 15 is 0 Å². The second kappa shape index (κ2) is 6.87. The third-order valence-electron chi connectivity index (χ3n) is 4.44. The Kier molecular flexibility index (Phi) is 4.65. The highest BCUT2D eigenvalue weighted by Gasteiger charge is 2.39. The molecule has 2 aliphatic heterocycles. The quantitative estimate of drug-likeness (QED) is 0.748. The van der Waals surface area contributed by atoms with Gasteiger partial charge in [0.05, 0.1) is 6.26 Å². The van der Waals surface area contributed by atoms with Gasteiger partial charge in [0, 0.05) is 51.9 Å². The molecule has 1 saturated heterocycles. The SMILES string of the molecule is C#CCCC1(CCC(=O)N2CCN(C(=O)c3ccco3)CC2)N=N1. The average molecular weight is 328 g/mol. The van der Waals surface area contributed by atoms with Gasteiger partial charge in [-0.05, 0) is 12.1 Å². The number of terminal acetylenes is 1. The molecule has 3 rings (SSSR count). The predicted octanol–water partition coefficient (Wildman–Crippen LogP) is 1.92. The number of rotatable bonds is 6. The van der Waals surface area contributed by atoms with Gasteiger partial charge in [0.1, 0.15) is 0 Å². The van der Waals surface area contributed by atoms with Crippen LogP contribution in [0.3, 0.4) is 0 Å². The van der Waals surface area contributed by atoms with E-state index in [4.69, 9.17) is 10.8 Å². The normalized spacial score (nSPS) is 18.3. The molecule has 0 spiro atoms. The topological polar surface area (TPSA) is 78.5 Å². The van der Waals surface area contributed by atoms with Gasteiger partial charge in [-0.15, -0.1) is 12.3 Å². The molecule has 3 heterocycles. The summed E-state index contributed by atoms with van der Waals surface area (Å²) in [6.45, 7) is 2.11. The molecule has 1 aromatic rings. The Morgan fingerprint density at radius 1 is 1.21 bits per heavy atom. The van der Waals surface area contributed by atoms with Crippen molar-refractivity contribution in [3.63, 3.8) is 0 Å². The van der Waals surface area contributed by atoms with Crippen molar-refractivity contribution in [2.75, 3.05) is 26.2 Å². The molecule has 0 radical (unpaired) electrons. The van der Waals surface area contributed by atoms with Crippen molar-refractivity contribution in [2.45, 2.75) is 31.3 Å². The van der Waals surface area contributed by atoms with Gasteiger partial charge in [0.25, 0.3) is 5.91 Å². The summed E-state index contributed by atoms with van der Waals surface area (Å²) in [7, 11) is 0. The molecule has 0 unspecified atom stereocenters. The van der Waals surface area contributed by atoms with Crippen molar-refractivity contribution in [2.24, 2.45) is 10.2 Å². The molecule has 0 bridgehead atoms. The van der Waals surface area contributed by atoms with Crippen molar-refractivity contribution in [1.29, 1.82) is 0 Å². The largest absolute Gasteiger partial charge is 0.459 e. The smallest absolute Gasteiger partial charge is 0.289 e. The van der Waals surface area contributed by atoms with E-state index in [0.29, 0.717) is 57.6 Å². The Bertz CT molecular complexity index is 661. The first-order valence-corrected chi connectivity index (χ1v) is 8.12. The summed E-state index contributed by atoms with van der Waals surface area (Å²) in [5.41, 5.74) is -0.418. The lowest BCUT2D eigenvalue weighted by molar-refractivity contribution is -0.132. The number of hydrogen-bond donors (Lipinski definition) is 0. The molecule has 1 aromatic heterocycles. The first kappa shape index (κ1) is 16.2. The van der Waals surface area contributed by atoms with E-state index in [1.807, 2.05) is 0 Å².